The molecule has 2 rings (SSSR count). The van der Waals surface area contributed by atoms with Crippen LogP contribution < -0.4 is 14.8 Å². The van der Waals surface area contributed by atoms with Gasteiger partial charge in [0.2, 0.25) is 11.8 Å². The molecule has 1 saturated heterocycles. The molecule has 1 aliphatic rings. The van der Waals surface area contributed by atoms with Crippen LogP contribution in [-0.2, 0) is 16.1 Å². The van der Waals surface area contributed by atoms with Crippen LogP contribution in [0.25, 0.3) is 0 Å². The monoisotopic (exact) mass is 362 g/mol. The van der Waals surface area contributed by atoms with Crippen molar-refractivity contribution in [3.8, 4) is 11.5 Å². The third-order valence-corrected chi connectivity index (χ3v) is 4.58. The summed E-state index contributed by atoms with van der Waals surface area (Å²) in [5.74, 6) is 1.19. The van der Waals surface area contributed by atoms with Crippen LogP contribution in [0.4, 0.5) is 0 Å². The van der Waals surface area contributed by atoms with Crippen LogP contribution in [0, 0.1) is 5.92 Å². The van der Waals surface area contributed by atoms with Crippen molar-refractivity contribution < 1.29 is 19.1 Å². The van der Waals surface area contributed by atoms with E-state index in [4.69, 9.17) is 9.47 Å². The van der Waals surface area contributed by atoms with Gasteiger partial charge in [-0.05, 0) is 43.9 Å². The maximum atomic E-state index is 12.7. The number of amides is 2. The highest BCUT2D eigenvalue weighted by molar-refractivity contribution is 5.88. The fourth-order valence-corrected chi connectivity index (χ4v) is 3.20. The van der Waals surface area contributed by atoms with E-state index in [1.807, 2.05) is 39.0 Å². The van der Waals surface area contributed by atoms with Gasteiger partial charge in [0.05, 0.1) is 13.7 Å². The lowest BCUT2D eigenvalue weighted by molar-refractivity contribution is -0.144. The van der Waals surface area contributed by atoms with Crippen molar-refractivity contribution in [1.82, 2.24) is 10.2 Å². The van der Waals surface area contributed by atoms with E-state index in [-0.39, 0.29) is 23.8 Å². The molecule has 144 valence electrons. The largest absolute Gasteiger partial charge is 0.493 e. The molecule has 6 heteroatoms. The summed E-state index contributed by atoms with van der Waals surface area (Å²) in [6.45, 7) is 7.28. The van der Waals surface area contributed by atoms with E-state index >= 15 is 0 Å². The van der Waals surface area contributed by atoms with E-state index in [1.165, 1.54) is 0 Å². The summed E-state index contributed by atoms with van der Waals surface area (Å²) < 4.78 is 10.9. The van der Waals surface area contributed by atoms with Gasteiger partial charge in [-0.25, -0.2) is 0 Å². The number of hydrogen-bond donors (Lipinski definition) is 1. The Morgan fingerprint density at radius 2 is 2.04 bits per heavy atom. The van der Waals surface area contributed by atoms with Crippen LogP contribution in [0.3, 0.4) is 0 Å². The number of benzene rings is 1. The predicted octanol–water partition coefficient (Wildman–Crippen LogP) is 2.75. The molecule has 0 radical (unpaired) electrons. The maximum Gasteiger partial charge on any atom is 0.243 e. The number of carbonyl (C=O) groups excluding carboxylic acids is 2. The number of nitrogens with one attached hydrogen (secondary N) is 1. The first-order chi connectivity index (χ1) is 12.5. The second kappa shape index (κ2) is 9.46. The number of hydrogen-bond acceptors (Lipinski definition) is 4. The first kappa shape index (κ1) is 20.1. The van der Waals surface area contributed by atoms with Crippen molar-refractivity contribution in [3.05, 3.63) is 23.8 Å². The number of methoxy groups -OCH3 is 1. The van der Waals surface area contributed by atoms with E-state index in [0.29, 0.717) is 31.2 Å². The number of carbonyl (C=O) groups is 2. The van der Waals surface area contributed by atoms with Crippen molar-refractivity contribution in [2.75, 3.05) is 20.3 Å². The lowest BCUT2D eigenvalue weighted by atomic mass is 9.99. The molecule has 0 spiro atoms. The maximum absolute atomic E-state index is 12.7. The molecular formula is C20H30N2O4. The molecule has 1 aromatic carbocycles. The van der Waals surface area contributed by atoms with Crippen LogP contribution in [0.5, 0.6) is 11.5 Å². The third-order valence-electron chi connectivity index (χ3n) is 4.58. The topological polar surface area (TPSA) is 67.9 Å². The Kier molecular flexibility index (Phi) is 7.30. The highest BCUT2D eigenvalue weighted by atomic mass is 16.5. The zero-order valence-corrected chi connectivity index (χ0v) is 16.2. The smallest absolute Gasteiger partial charge is 0.243 e. The van der Waals surface area contributed by atoms with Gasteiger partial charge < -0.3 is 19.7 Å². The normalized spacial score (nSPS) is 17.1. The summed E-state index contributed by atoms with van der Waals surface area (Å²) in [6, 6.07) is 5.25. The molecule has 1 atom stereocenters. The van der Waals surface area contributed by atoms with E-state index in [0.717, 1.165) is 24.8 Å². The minimum atomic E-state index is -0.372. The number of nitrogens with zero attached hydrogens (tertiary/aromatic N) is 1. The Labute approximate surface area is 155 Å². The fourth-order valence-electron chi connectivity index (χ4n) is 3.20. The van der Waals surface area contributed by atoms with E-state index in [9.17, 15) is 9.59 Å². The lowest BCUT2D eigenvalue weighted by Crippen LogP contribution is -2.52. The van der Waals surface area contributed by atoms with Crippen LogP contribution in [0.1, 0.15) is 45.6 Å². The standard InChI is InChI=1S/C20H30N2O4/c1-5-26-17-10-9-15(12-18(17)25-4)13-21-19(23)16-8-6-7-11-22(16)20(24)14(2)3/h9-10,12,14,16H,5-8,11,13H2,1-4H3,(H,21,23)/t16-/m0/s1. The molecule has 6 nitrogen and oxygen atoms in total. The SMILES string of the molecule is CCOc1ccc(CNC(=O)[C@@H]2CCCCN2C(=O)C(C)C)cc1OC. The van der Waals surface area contributed by atoms with Crippen molar-refractivity contribution in [2.45, 2.75) is 52.6 Å². The van der Waals surface area contributed by atoms with Crippen LogP contribution in [0.2, 0.25) is 0 Å². The van der Waals surface area contributed by atoms with Crippen LogP contribution >= 0.6 is 0 Å². The summed E-state index contributed by atoms with van der Waals surface area (Å²) in [5, 5.41) is 2.97. The lowest BCUT2D eigenvalue weighted by Gasteiger charge is -2.35. The van der Waals surface area contributed by atoms with Crippen LogP contribution in [-0.4, -0.2) is 43.0 Å². The van der Waals surface area contributed by atoms with Gasteiger partial charge in [0.1, 0.15) is 6.04 Å². The number of ether oxygens (including phenoxy) is 2. The van der Waals surface area contributed by atoms with Gasteiger partial charge in [0.15, 0.2) is 11.5 Å². The molecule has 26 heavy (non-hydrogen) atoms. The average Bonchev–Trinajstić information content (AvgIpc) is 2.66. The quantitative estimate of drug-likeness (QED) is 0.810. The Hall–Kier alpha value is -2.24. The summed E-state index contributed by atoms with van der Waals surface area (Å²) in [6.07, 6.45) is 2.64. The molecule has 1 aliphatic heterocycles. The van der Waals surface area contributed by atoms with Crippen molar-refractivity contribution in [1.29, 1.82) is 0 Å². The van der Waals surface area contributed by atoms with E-state index < -0.39 is 0 Å². The molecular weight excluding hydrogens is 332 g/mol. The minimum Gasteiger partial charge on any atom is -0.493 e. The van der Waals surface area contributed by atoms with Crippen molar-refractivity contribution >= 4 is 11.8 Å². The molecule has 1 aromatic rings. The van der Waals surface area contributed by atoms with Crippen molar-refractivity contribution in [2.24, 2.45) is 5.92 Å². The molecule has 1 heterocycles. The zero-order valence-electron chi connectivity index (χ0n) is 16.2. The summed E-state index contributed by atoms with van der Waals surface area (Å²) >= 11 is 0. The Morgan fingerprint density at radius 3 is 2.69 bits per heavy atom. The Bertz CT molecular complexity index is 630. The first-order valence-electron chi connectivity index (χ1n) is 9.35. The van der Waals surface area contributed by atoms with Crippen molar-refractivity contribution in [3.63, 3.8) is 0 Å². The third kappa shape index (κ3) is 4.90. The second-order valence-corrected chi connectivity index (χ2v) is 6.83. The average molecular weight is 362 g/mol. The van der Waals surface area contributed by atoms with Gasteiger partial charge in [-0.2, -0.15) is 0 Å². The molecule has 0 saturated carbocycles. The van der Waals surface area contributed by atoms with E-state index in [1.54, 1.807) is 12.0 Å². The molecule has 0 bridgehead atoms. The molecule has 1 N–H and O–H groups in total. The molecule has 2 amide bonds. The van der Waals surface area contributed by atoms with Gasteiger partial charge in [0, 0.05) is 19.0 Å². The highest BCUT2D eigenvalue weighted by Crippen LogP contribution is 2.28. The summed E-state index contributed by atoms with van der Waals surface area (Å²) in [5.41, 5.74) is 0.927. The van der Waals surface area contributed by atoms with Gasteiger partial charge in [0.25, 0.3) is 0 Å². The van der Waals surface area contributed by atoms with Gasteiger partial charge >= 0.3 is 0 Å². The second-order valence-electron chi connectivity index (χ2n) is 6.83. The molecule has 0 unspecified atom stereocenters. The van der Waals surface area contributed by atoms with Gasteiger partial charge in [-0.15, -0.1) is 0 Å². The van der Waals surface area contributed by atoms with Gasteiger partial charge in [-0.1, -0.05) is 19.9 Å². The Morgan fingerprint density at radius 1 is 1.27 bits per heavy atom. The zero-order chi connectivity index (χ0) is 19.1. The summed E-state index contributed by atoms with van der Waals surface area (Å²) in [4.78, 5) is 26.8. The molecule has 0 aliphatic carbocycles. The van der Waals surface area contributed by atoms with Crippen LogP contribution in [0.15, 0.2) is 18.2 Å². The predicted molar refractivity (Wildman–Crippen MR) is 100 cm³/mol. The minimum absolute atomic E-state index is 0.0487. The number of rotatable bonds is 7. The fraction of sp³-hybridized carbons (Fsp3) is 0.600. The highest BCUT2D eigenvalue weighted by Gasteiger charge is 2.32. The number of piperidine rings is 1. The van der Waals surface area contributed by atoms with E-state index in [2.05, 4.69) is 5.32 Å². The summed E-state index contributed by atoms with van der Waals surface area (Å²) in [7, 11) is 1.59. The molecule has 1 fully saturated rings. The first-order valence-corrected chi connectivity index (χ1v) is 9.35. The number of likely N-dealkylation sites (tertiary alicyclic amines) is 1. The molecule has 0 aromatic heterocycles. The Balaban J connectivity index is 2.01. The van der Waals surface area contributed by atoms with Gasteiger partial charge in [-0.3, -0.25) is 9.59 Å².